The van der Waals surface area contributed by atoms with Gasteiger partial charge in [0.1, 0.15) is 6.61 Å². The minimum absolute atomic E-state index is 0.122. The van der Waals surface area contributed by atoms with Gasteiger partial charge in [0.15, 0.2) is 5.69 Å². The van der Waals surface area contributed by atoms with Crippen molar-refractivity contribution in [2.24, 2.45) is 0 Å². The van der Waals surface area contributed by atoms with Crippen LogP contribution in [0, 0.1) is 6.92 Å². The topological polar surface area (TPSA) is 79.4 Å². The highest BCUT2D eigenvalue weighted by Crippen LogP contribution is 2.17. The van der Waals surface area contributed by atoms with E-state index in [0.29, 0.717) is 30.2 Å². The second-order valence-corrected chi connectivity index (χ2v) is 4.22. The average molecular weight is 255 g/mol. The highest BCUT2D eigenvalue weighted by atomic mass is 16.6. The average Bonchev–Trinajstić information content (AvgIpc) is 2.60. The summed E-state index contributed by atoms with van der Waals surface area (Å²) >= 11 is 0. The molecule has 102 valence electrons. The highest BCUT2D eigenvalue weighted by molar-refractivity contribution is 5.93. The van der Waals surface area contributed by atoms with Crippen LogP contribution in [0.15, 0.2) is 0 Å². The zero-order valence-corrected chi connectivity index (χ0v) is 11.4. The Bertz CT molecular complexity index is 413. The Morgan fingerprint density at radius 1 is 1.44 bits per heavy atom. The molecule has 6 heteroatoms. The van der Waals surface area contributed by atoms with Crippen molar-refractivity contribution in [1.82, 2.24) is 9.78 Å². The molecule has 0 unspecified atom stereocenters. The number of nitrogens with two attached hydrogens (primary N) is 1. The van der Waals surface area contributed by atoms with Gasteiger partial charge in [-0.2, -0.15) is 5.10 Å². The highest BCUT2D eigenvalue weighted by Gasteiger charge is 2.20. The van der Waals surface area contributed by atoms with Crippen molar-refractivity contribution in [3.8, 4) is 0 Å². The van der Waals surface area contributed by atoms with E-state index in [0.717, 1.165) is 0 Å². The van der Waals surface area contributed by atoms with E-state index in [4.69, 9.17) is 15.2 Å². The maximum Gasteiger partial charge on any atom is 0.358 e. The number of carbonyl (C=O) groups is 1. The second kappa shape index (κ2) is 6.39. The van der Waals surface area contributed by atoms with Crippen molar-refractivity contribution in [3.63, 3.8) is 0 Å². The molecule has 0 aliphatic carbocycles. The Hall–Kier alpha value is -1.56. The molecular weight excluding hydrogens is 234 g/mol. The van der Waals surface area contributed by atoms with Crippen LogP contribution >= 0.6 is 0 Å². The van der Waals surface area contributed by atoms with Gasteiger partial charge in [0.2, 0.25) is 0 Å². The molecule has 0 fully saturated rings. The summed E-state index contributed by atoms with van der Waals surface area (Å²) in [6.07, 6.45) is 0.122. The molecule has 1 rings (SSSR count). The Kier molecular flexibility index (Phi) is 5.15. The largest absolute Gasteiger partial charge is 0.458 e. The molecule has 0 amide bonds. The Morgan fingerprint density at radius 3 is 2.67 bits per heavy atom. The molecule has 18 heavy (non-hydrogen) atoms. The minimum Gasteiger partial charge on any atom is -0.458 e. The standard InChI is InChI=1S/C12H21N3O3/c1-5-15-11(10(13)9(4)14-15)12(16)18-7-6-17-8(2)3/h8H,5-7,13H2,1-4H3. The third kappa shape index (κ3) is 3.46. The summed E-state index contributed by atoms with van der Waals surface area (Å²) in [5.41, 5.74) is 7.16. The van der Waals surface area contributed by atoms with Crippen molar-refractivity contribution in [1.29, 1.82) is 0 Å². The van der Waals surface area contributed by atoms with Crippen molar-refractivity contribution < 1.29 is 14.3 Å². The minimum atomic E-state index is -0.456. The van der Waals surface area contributed by atoms with Gasteiger partial charge in [-0.05, 0) is 27.7 Å². The van der Waals surface area contributed by atoms with Crippen molar-refractivity contribution >= 4 is 11.7 Å². The van der Waals surface area contributed by atoms with E-state index < -0.39 is 5.97 Å². The van der Waals surface area contributed by atoms with E-state index in [9.17, 15) is 4.79 Å². The molecule has 0 aliphatic rings. The van der Waals surface area contributed by atoms with Crippen LogP contribution in [0.1, 0.15) is 37.0 Å². The monoisotopic (exact) mass is 255 g/mol. The summed E-state index contributed by atoms with van der Waals surface area (Å²) in [4.78, 5) is 11.9. The number of nitrogens with zero attached hydrogens (tertiary/aromatic N) is 2. The SMILES string of the molecule is CCn1nc(C)c(N)c1C(=O)OCCOC(C)C. The van der Waals surface area contributed by atoms with Crippen LogP contribution in [0.2, 0.25) is 0 Å². The third-order valence-corrected chi connectivity index (χ3v) is 2.43. The molecule has 0 saturated heterocycles. The Labute approximate surface area is 107 Å². The number of aromatic nitrogens is 2. The van der Waals surface area contributed by atoms with Gasteiger partial charge in [-0.15, -0.1) is 0 Å². The number of aryl methyl sites for hydroxylation is 2. The van der Waals surface area contributed by atoms with E-state index in [1.54, 1.807) is 11.6 Å². The van der Waals surface area contributed by atoms with Crippen LogP contribution in [-0.4, -0.2) is 35.1 Å². The smallest absolute Gasteiger partial charge is 0.358 e. The van der Waals surface area contributed by atoms with Crippen LogP contribution in [0.3, 0.4) is 0 Å². The number of esters is 1. The Morgan fingerprint density at radius 2 is 2.11 bits per heavy atom. The van der Waals surface area contributed by atoms with E-state index in [1.165, 1.54) is 0 Å². The zero-order chi connectivity index (χ0) is 13.7. The number of rotatable bonds is 6. The molecule has 0 spiro atoms. The quantitative estimate of drug-likeness (QED) is 0.613. The summed E-state index contributed by atoms with van der Waals surface area (Å²) in [6.45, 7) is 8.67. The summed E-state index contributed by atoms with van der Waals surface area (Å²) in [5, 5.41) is 4.17. The molecule has 1 aromatic heterocycles. The zero-order valence-electron chi connectivity index (χ0n) is 11.4. The first-order valence-corrected chi connectivity index (χ1v) is 6.09. The molecule has 6 nitrogen and oxygen atoms in total. The van der Waals surface area contributed by atoms with E-state index in [1.807, 2.05) is 20.8 Å². The second-order valence-electron chi connectivity index (χ2n) is 4.22. The van der Waals surface area contributed by atoms with Crippen molar-refractivity contribution in [3.05, 3.63) is 11.4 Å². The van der Waals surface area contributed by atoms with Gasteiger partial charge in [-0.25, -0.2) is 4.79 Å². The van der Waals surface area contributed by atoms with Crippen LogP contribution in [0.5, 0.6) is 0 Å². The first kappa shape index (κ1) is 14.5. The molecule has 1 heterocycles. The van der Waals surface area contributed by atoms with E-state index in [-0.39, 0.29) is 12.7 Å². The number of nitrogen functional groups attached to an aromatic ring is 1. The molecule has 0 aromatic carbocycles. The number of ether oxygens (including phenoxy) is 2. The van der Waals surface area contributed by atoms with Crippen LogP contribution in [-0.2, 0) is 16.0 Å². The van der Waals surface area contributed by atoms with Crippen molar-refractivity contribution in [2.45, 2.75) is 40.3 Å². The van der Waals surface area contributed by atoms with E-state index >= 15 is 0 Å². The summed E-state index contributed by atoms with van der Waals surface area (Å²) in [7, 11) is 0. The lowest BCUT2D eigenvalue weighted by Gasteiger charge is -2.09. The predicted molar refractivity (Wildman–Crippen MR) is 68.4 cm³/mol. The van der Waals surface area contributed by atoms with Gasteiger partial charge in [-0.1, -0.05) is 0 Å². The maximum absolute atomic E-state index is 11.9. The lowest BCUT2D eigenvalue weighted by atomic mass is 10.3. The van der Waals surface area contributed by atoms with Crippen molar-refractivity contribution in [2.75, 3.05) is 18.9 Å². The lowest BCUT2D eigenvalue weighted by molar-refractivity contribution is 0.0169. The molecule has 0 radical (unpaired) electrons. The van der Waals surface area contributed by atoms with Crippen LogP contribution in [0.4, 0.5) is 5.69 Å². The number of hydrogen-bond donors (Lipinski definition) is 1. The number of hydrogen-bond acceptors (Lipinski definition) is 5. The first-order chi connectivity index (χ1) is 8.47. The molecule has 1 aromatic rings. The molecular formula is C12H21N3O3. The molecule has 0 aliphatic heterocycles. The molecule has 0 saturated carbocycles. The summed E-state index contributed by atoms with van der Waals surface area (Å²) in [5.74, 6) is -0.456. The maximum atomic E-state index is 11.9. The van der Waals surface area contributed by atoms with E-state index in [2.05, 4.69) is 5.10 Å². The van der Waals surface area contributed by atoms with Gasteiger partial charge < -0.3 is 15.2 Å². The Balaban J connectivity index is 2.61. The summed E-state index contributed by atoms with van der Waals surface area (Å²) in [6, 6.07) is 0. The lowest BCUT2D eigenvalue weighted by Crippen LogP contribution is -2.17. The molecule has 0 bridgehead atoms. The fraction of sp³-hybridized carbons (Fsp3) is 0.667. The van der Waals surface area contributed by atoms with Gasteiger partial charge in [0, 0.05) is 6.54 Å². The number of anilines is 1. The van der Waals surface area contributed by atoms with Gasteiger partial charge in [-0.3, -0.25) is 4.68 Å². The molecule has 0 atom stereocenters. The normalized spacial score (nSPS) is 10.9. The van der Waals surface area contributed by atoms with Gasteiger partial charge in [0.25, 0.3) is 0 Å². The predicted octanol–water partition coefficient (Wildman–Crippen LogP) is 1.38. The fourth-order valence-electron chi connectivity index (χ4n) is 1.53. The first-order valence-electron chi connectivity index (χ1n) is 6.09. The summed E-state index contributed by atoms with van der Waals surface area (Å²) < 4.78 is 12.0. The third-order valence-electron chi connectivity index (χ3n) is 2.43. The molecule has 2 N–H and O–H groups in total. The van der Waals surface area contributed by atoms with Gasteiger partial charge >= 0.3 is 5.97 Å². The number of carbonyl (C=O) groups excluding carboxylic acids is 1. The van der Waals surface area contributed by atoms with Gasteiger partial charge in [0.05, 0.1) is 24.1 Å². The fourth-order valence-corrected chi connectivity index (χ4v) is 1.53. The van der Waals surface area contributed by atoms with Crippen LogP contribution in [0.25, 0.3) is 0 Å². The van der Waals surface area contributed by atoms with Crippen LogP contribution < -0.4 is 5.73 Å².